The smallest absolute Gasteiger partial charge is 0.475 e. The summed E-state index contributed by atoms with van der Waals surface area (Å²) in [6.45, 7) is 1.57. The third-order valence-corrected chi connectivity index (χ3v) is 5.70. The largest absolute Gasteiger partial charge is 0.490 e. The van der Waals surface area contributed by atoms with Gasteiger partial charge in [0, 0.05) is 23.1 Å². The molecule has 0 unspecified atom stereocenters. The van der Waals surface area contributed by atoms with E-state index in [0.29, 0.717) is 23.4 Å². The normalized spacial score (nSPS) is 11.3. The Morgan fingerprint density at radius 3 is 2.47 bits per heavy atom. The summed E-state index contributed by atoms with van der Waals surface area (Å²) in [6.07, 6.45) is -4.18. The van der Waals surface area contributed by atoms with Gasteiger partial charge >= 0.3 is 12.1 Å². The number of aliphatic carboxylic acids is 1. The topological polar surface area (TPSA) is 109 Å². The number of nitrogens with one attached hydrogen (secondary N) is 1. The lowest BCUT2D eigenvalue weighted by Gasteiger charge is -2.09. The van der Waals surface area contributed by atoms with Crippen molar-refractivity contribution in [1.29, 1.82) is 0 Å². The Hall–Kier alpha value is -3.77. The number of carboxylic acids is 1. The van der Waals surface area contributed by atoms with Crippen LogP contribution in [0.25, 0.3) is 32.9 Å². The Bertz CT molecular complexity index is 1320. The number of benzene rings is 2. The number of hydrogen-bond acceptors (Lipinski definition) is 7. The Balaban J connectivity index is 0.000000454. The first-order valence-electron chi connectivity index (χ1n) is 10.7. The predicted octanol–water partition coefficient (Wildman–Crippen LogP) is 4.93. The molecular formula is C24H23F3N4O4S. The first-order chi connectivity index (χ1) is 17.1. The zero-order valence-electron chi connectivity index (χ0n) is 19.4. The molecule has 0 bridgehead atoms. The molecule has 2 aromatic heterocycles. The molecule has 4 aromatic rings. The third kappa shape index (κ3) is 7.12. The van der Waals surface area contributed by atoms with Gasteiger partial charge in [-0.05, 0) is 45.3 Å². The van der Waals surface area contributed by atoms with Crippen molar-refractivity contribution in [2.75, 3.05) is 27.2 Å². The van der Waals surface area contributed by atoms with E-state index in [1.54, 1.807) is 23.5 Å². The van der Waals surface area contributed by atoms with Gasteiger partial charge in [-0.1, -0.05) is 35.5 Å². The molecule has 0 radical (unpaired) electrons. The maximum atomic E-state index is 12.5. The van der Waals surface area contributed by atoms with Crippen molar-refractivity contribution < 1.29 is 32.4 Å². The van der Waals surface area contributed by atoms with Gasteiger partial charge < -0.3 is 19.8 Å². The molecule has 0 spiro atoms. The summed E-state index contributed by atoms with van der Waals surface area (Å²) in [5.74, 6) is -2.85. The molecule has 2 heterocycles. The van der Waals surface area contributed by atoms with Crippen LogP contribution in [-0.4, -0.2) is 65.4 Å². The summed E-state index contributed by atoms with van der Waals surface area (Å²) in [5, 5.41) is 18.0. The number of amides is 1. The van der Waals surface area contributed by atoms with E-state index in [-0.39, 0.29) is 5.91 Å². The van der Waals surface area contributed by atoms with Gasteiger partial charge in [0.2, 0.25) is 0 Å². The number of thiazole rings is 1. The molecule has 36 heavy (non-hydrogen) atoms. The highest BCUT2D eigenvalue weighted by Crippen LogP contribution is 2.32. The van der Waals surface area contributed by atoms with E-state index >= 15 is 0 Å². The molecule has 0 aliphatic rings. The number of aromatic nitrogens is 2. The van der Waals surface area contributed by atoms with Crippen molar-refractivity contribution in [2.45, 2.75) is 12.6 Å². The average Bonchev–Trinajstić information content (AvgIpc) is 3.48. The lowest BCUT2D eigenvalue weighted by molar-refractivity contribution is -0.192. The van der Waals surface area contributed by atoms with Crippen LogP contribution in [0.4, 0.5) is 13.2 Å². The maximum absolute atomic E-state index is 12.5. The first kappa shape index (κ1) is 26.8. The van der Waals surface area contributed by atoms with Crippen LogP contribution >= 0.6 is 11.3 Å². The fraction of sp³-hybridized carbons (Fsp3) is 0.250. The standard InChI is InChI=1S/C22H22N4O2S.C2HF3O2/c1-26(2)12-6-11-23-21(27)16-9-10-19-17(13-16)20(25-28-19)18-14-29-22(24-18)15-7-4-3-5-8-15;3-2(4,5)1(6)7/h3-5,7-10,13-14H,6,11-12H2,1-2H3,(H,23,27);(H,6,7). The van der Waals surface area contributed by atoms with Gasteiger partial charge in [-0.2, -0.15) is 13.2 Å². The number of carbonyl (C=O) groups is 2. The average molecular weight is 521 g/mol. The zero-order valence-corrected chi connectivity index (χ0v) is 20.2. The molecule has 0 atom stereocenters. The zero-order chi connectivity index (χ0) is 26.3. The molecule has 0 aliphatic heterocycles. The van der Waals surface area contributed by atoms with Crippen LogP contribution in [0, 0.1) is 0 Å². The third-order valence-electron chi connectivity index (χ3n) is 4.81. The van der Waals surface area contributed by atoms with Crippen LogP contribution in [0.15, 0.2) is 58.4 Å². The summed E-state index contributed by atoms with van der Waals surface area (Å²) in [5.41, 5.74) is 3.69. The number of hydrogen-bond donors (Lipinski definition) is 2. The van der Waals surface area contributed by atoms with E-state index in [9.17, 15) is 18.0 Å². The fourth-order valence-electron chi connectivity index (χ4n) is 3.06. The van der Waals surface area contributed by atoms with Crippen LogP contribution in [-0.2, 0) is 4.79 Å². The SMILES string of the molecule is CN(C)CCCNC(=O)c1ccc2onc(-c3csc(-c4ccccc4)n3)c2c1.O=C(O)C(F)(F)F. The molecule has 1 amide bonds. The quantitative estimate of drug-likeness (QED) is 0.333. The molecule has 2 N–H and O–H groups in total. The van der Waals surface area contributed by atoms with E-state index in [1.807, 2.05) is 55.9 Å². The van der Waals surface area contributed by atoms with Crippen LogP contribution in [0.3, 0.4) is 0 Å². The molecule has 12 heteroatoms. The van der Waals surface area contributed by atoms with E-state index in [0.717, 1.165) is 34.6 Å². The van der Waals surface area contributed by atoms with Crippen molar-refractivity contribution in [3.63, 3.8) is 0 Å². The lowest BCUT2D eigenvalue weighted by Crippen LogP contribution is -2.27. The van der Waals surface area contributed by atoms with Crippen molar-refractivity contribution >= 4 is 34.2 Å². The van der Waals surface area contributed by atoms with Crippen LogP contribution in [0.1, 0.15) is 16.8 Å². The number of nitrogens with zero attached hydrogens (tertiary/aromatic N) is 3. The number of carbonyl (C=O) groups excluding carboxylic acids is 1. The van der Waals surface area contributed by atoms with Crippen LogP contribution < -0.4 is 5.32 Å². The van der Waals surface area contributed by atoms with Crippen LogP contribution in [0.2, 0.25) is 0 Å². The highest BCUT2D eigenvalue weighted by atomic mass is 32.1. The minimum Gasteiger partial charge on any atom is -0.475 e. The number of carboxylic acid groups (broad SMARTS) is 1. The van der Waals surface area contributed by atoms with Crippen molar-refractivity contribution in [2.24, 2.45) is 0 Å². The molecule has 0 saturated heterocycles. The highest BCUT2D eigenvalue weighted by Gasteiger charge is 2.38. The predicted molar refractivity (Wildman–Crippen MR) is 130 cm³/mol. The Kier molecular flexibility index (Phi) is 8.78. The summed E-state index contributed by atoms with van der Waals surface area (Å²) >= 11 is 1.56. The second-order valence-electron chi connectivity index (χ2n) is 7.86. The summed E-state index contributed by atoms with van der Waals surface area (Å²) in [4.78, 5) is 28.2. The maximum Gasteiger partial charge on any atom is 0.490 e. The molecular weight excluding hydrogens is 497 g/mol. The molecule has 190 valence electrons. The minimum absolute atomic E-state index is 0.0962. The number of halogens is 3. The highest BCUT2D eigenvalue weighted by molar-refractivity contribution is 7.13. The molecule has 2 aromatic carbocycles. The van der Waals surface area contributed by atoms with Crippen molar-refractivity contribution in [3.8, 4) is 22.0 Å². The second-order valence-corrected chi connectivity index (χ2v) is 8.72. The number of fused-ring (bicyclic) bond motifs is 1. The van der Waals surface area contributed by atoms with E-state index < -0.39 is 12.1 Å². The van der Waals surface area contributed by atoms with E-state index in [4.69, 9.17) is 19.4 Å². The molecule has 8 nitrogen and oxygen atoms in total. The number of alkyl halides is 3. The summed E-state index contributed by atoms with van der Waals surface area (Å²) in [6, 6.07) is 15.4. The van der Waals surface area contributed by atoms with Crippen LogP contribution in [0.5, 0.6) is 0 Å². The molecule has 4 rings (SSSR count). The first-order valence-corrected chi connectivity index (χ1v) is 11.6. The Labute approximate surface area is 208 Å². The Morgan fingerprint density at radius 1 is 1.14 bits per heavy atom. The Morgan fingerprint density at radius 2 is 1.83 bits per heavy atom. The monoisotopic (exact) mass is 520 g/mol. The minimum atomic E-state index is -5.08. The van der Waals surface area contributed by atoms with Gasteiger partial charge in [0.25, 0.3) is 5.91 Å². The van der Waals surface area contributed by atoms with E-state index in [1.165, 1.54) is 0 Å². The van der Waals surface area contributed by atoms with Crippen molar-refractivity contribution in [1.82, 2.24) is 20.4 Å². The lowest BCUT2D eigenvalue weighted by atomic mass is 10.1. The van der Waals surface area contributed by atoms with Gasteiger partial charge in [-0.15, -0.1) is 11.3 Å². The van der Waals surface area contributed by atoms with E-state index in [2.05, 4.69) is 15.4 Å². The van der Waals surface area contributed by atoms with Gasteiger partial charge in [0.15, 0.2) is 5.58 Å². The van der Waals surface area contributed by atoms with Gasteiger partial charge in [-0.3, -0.25) is 4.79 Å². The second kappa shape index (κ2) is 11.8. The summed E-state index contributed by atoms with van der Waals surface area (Å²) in [7, 11) is 4.04. The summed E-state index contributed by atoms with van der Waals surface area (Å²) < 4.78 is 37.2. The van der Waals surface area contributed by atoms with Gasteiger partial charge in [0.05, 0.1) is 5.39 Å². The van der Waals surface area contributed by atoms with Gasteiger partial charge in [0.1, 0.15) is 16.4 Å². The van der Waals surface area contributed by atoms with Crippen molar-refractivity contribution in [3.05, 3.63) is 59.5 Å². The fourth-order valence-corrected chi connectivity index (χ4v) is 3.87. The molecule has 0 saturated carbocycles. The molecule has 0 aliphatic carbocycles. The number of rotatable bonds is 7. The van der Waals surface area contributed by atoms with Gasteiger partial charge in [-0.25, -0.2) is 9.78 Å². The molecule has 0 fully saturated rings.